The topological polar surface area (TPSA) is 43.6 Å². The molecule has 0 saturated carbocycles. The van der Waals surface area contributed by atoms with Gasteiger partial charge in [0, 0.05) is 53.0 Å². The van der Waals surface area contributed by atoms with Gasteiger partial charge in [-0.1, -0.05) is 158 Å². The van der Waals surface area contributed by atoms with E-state index in [-0.39, 0.29) is 0 Å². The van der Waals surface area contributed by atoms with E-state index in [0.29, 0.717) is 17.5 Å². The summed E-state index contributed by atoms with van der Waals surface area (Å²) >= 11 is 1.79. The van der Waals surface area contributed by atoms with E-state index in [4.69, 9.17) is 15.0 Å². The molecule has 3 aromatic heterocycles. The summed E-state index contributed by atoms with van der Waals surface area (Å²) in [5, 5.41) is 9.54. The van der Waals surface area contributed by atoms with Gasteiger partial charge in [0.25, 0.3) is 0 Å². The standard InChI is InChI=1S/C53H32N4S/c1-2-13-33(14-3-1)34-25-27-36(28-26-34)51-54-52(56-53(55-51)44-22-12-21-42-41-20-9-11-24-48(41)58-50(42)44)43-30-29-35-15-6-7-18-39(35)49(43)57-46-23-10-8-19-40(46)45-31-37-16-4-5-17-38(37)32-47(45)57/h1-32H. The van der Waals surface area contributed by atoms with Crippen molar-refractivity contribution in [3.63, 3.8) is 0 Å². The third kappa shape index (κ3) is 5.18. The summed E-state index contributed by atoms with van der Waals surface area (Å²) in [7, 11) is 0. The Hall–Kier alpha value is -7.47. The summed E-state index contributed by atoms with van der Waals surface area (Å²) in [6, 6.07) is 69.2. The number of hydrogen-bond donors (Lipinski definition) is 0. The van der Waals surface area contributed by atoms with Crippen molar-refractivity contribution in [3.8, 4) is 51.0 Å². The fourth-order valence-electron chi connectivity index (χ4n) is 8.68. The number of para-hydroxylation sites is 1. The molecule has 0 aliphatic rings. The summed E-state index contributed by atoms with van der Waals surface area (Å²) in [6.07, 6.45) is 0. The number of rotatable bonds is 5. The second-order valence-electron chi connectivity index (χ2n) is 14.8. The molecule has 0 aliphatic carbocycles. The average molecular weight is 757 g/mol. The van der Waals surface area contributed by atoms with Crippen molar-refractivity contribution >= 4 is 74.9 Å². The highest BCUT2D eigenvalue weighted by molar-refractivity contribution is 7.26. The van der Waals surface area contributed by atoms with E-state index in [2.05, 4.69) is 193 Å². The van der Waals surface area contributed by atoms with Crippen LogP contribution in [0.5, 0.6) is 0 Å². The molecule has 0 unspecified atom stereocenters. The minimum atomic E-state index is 0.623. The number of nitrogens with zero attached hydrogens (tertiary/aromatic N) is 4. The van der Waals surface area contributed by atoms with E-state index in [1.165, 1.54) is 47.3 Å². The van der Waals surface area contributed by atoms with Crippen LogP contribution in [0.25, 0.3) is 115 Å². The zero-order chi connectivity index (χ0) is 38.2. The maximum Gasteiger partial charge on any atom is 0.166 e. The molecule has 0 N–H and O–H groups in total. The van der Waals surface area contributed by atoms with Gasteiger partial charge < -0.3 is 4.57 Å². The Balaban J connectivity index is 1.16. The van der Waals surface area contributed by atoms with Gasteiger partial charge in [0.05, 0.1) is 16.7 Å². The minimum Gasteiger partial charge on any atom is -0.308 e. The zero-order valence-corrected chi connectivity index (χ0v) is 32.0. The molecule has 5 heteroatoms. The molecule has 0 radical (unpaired) electrons. The van der Waals surface area contributed by atoms with Crippen molar-refractivity contribution in [1.29, 1.82) is 0 Å². The molecule has 0 spiro atoms. The molecule has 0 bridgehead atoms. The van der Waals surface area contributed by atoms with E-state index in [0.717, 1.165) is 49.7 Å². The van der Waals surface area contributed by atoms with Gasteiger partial charge in [-0.2, -0.15) is 0 Å². The van der Waals surface area contributed by atoms with Gasteiger partial charge in [-0.3, -0.25) is 0 Å². The minimum absolute atomic E-state index is 0.623. The van der Waals surface area contributed by atoms with Gasteiger partial charge in [-0.25, -0.2) is 15.0 Å². The third-order valence-electron chi connectivity index (χ3n) is 11.4. The number of hydrogen-bond acceptors (Lipinski definition) is 4. The van der Waals surface area contributed by atoms with E-state index in [9.17, 15) is 0 Å². The lowest BCUT2D eigenvalue weighted by molar-refractivity contribution is 1.07. The molecular formula is C53H32N4S. The Kier molecular flexibility index (Phi) is 7.37. The highest BCUT2D eigenvalue weighted by atomic mass is 32.1. The molecule has 0 amide bonds. The first-order chi connectivity index (χ1) is 28.7. The summed E-state index contributed by atoms with van der Waals surface area (Å²) in [5.41, 5.74) is 8.48. The Morgan fingerprint density at radius 3 is 1.78 bits per heavy atom. The number of fused-ring (bicyclic) bond motifs is 8. The van der Waals surface area contributed by atoms with Crippen LogP contribution in [-0.2, 0) is 0 Å². The molecule has 270 valence electrons. The Labute approximate surface area is 338 Å². The Morgan fingerprint density at radius 1 is 0.345 bits per heavy atom. The van der Waals surface area contributed by atoms with E-state index in [1.807, 2.05) is 6.07 Å². The van der Waals surface area contributed by atoms with Gasteiger partial charge in [-0.05, 0) is 63.7 Å². The van der Waals surface area contributed by atoms with Crippen molar-refractivity contribution in [3.05, 3.63) is 194 Å². The summed E-state index contributed by atoms with van der Waals surface area (Å²) in [5.74, 6) is 1.90. The van der Waals surface area contributed by atoms with Crippen LogP contribution in [0.3, 0.4) is 0 Å². The lowest BCUT2D eigenvalue weighted by atomic mass is 10.0. The van der Waals surface area contributed by atoms with E-state index >= 15 is 0 Å². The molecule has 3 heterocycles. The maximum absolute atomic E-state index is 5.44. The second kappa shape index (κ2) is 13.1. The van der Waals surface area contributed by atoms with Gasteiger partial charge >= 0.3 is 0 Å². The fourth-order valence-corrected chi connectivity index (χ4v) is 9.90. The van der Waals surface area contributed by atoms with Gasteiger partial charge in [0.1, 0.15) is 0 Å². The predicted molar refractivity (Wildman–Crippen MR) is 244 cm³/mol. The predicted octanol–water partition coefficient (Wildman–Crippen LogP) is 14.3. The molecule has 9 aromatic carbocycles. The van der Waals surface area contributed by atoms with E-state index in [1.54, 1.807) is 11.3 Å². The second-order valence-corrected chi connectivity index (χ2v) is 15.8. The molecule has 0 saturated heterocycles. The van der Waals surface area contributed by atoms with Crippen LogP contribution >= 0.6 is 11.3 Å². The number of benzene rings is 9. The maximum atomic E-state index is 5.44. The number of thiophene rings is 1. The van der Waals surface area contributed by atoms with Crippen LogP contribution in [0.1, 0.15) is 0 Å². The zero-order valence-electron chi connectivity index (χ0n) is 31.2. The van der Waals surface area contributed by atoms with Crippen molar-refractivity contribution in [1.82, 2.24) is 19.5 Å². The molecule has 0 fully saturated rings. The molecule has 12 aromatic rings. The monoisotopic (exact) mass is 756 g/mol. The lowest BCUT2D eigenvalue weighted by Crippen LogP contribution is -2.04. The first-order valence-corrected chi connectivity index (χ1v) is 20.3. The molecule has 0 aliphatic heterocycles. The third-order valence-corrected chi connectivity index (χ3v) is 12.7. The quantitative estimate of drug-likeness (QED) is 0.176. The lowest BCUT2D eigenvalue weighted by Gasteiger charge is -2.17. The average Bonchev–Trinajstić information content (AvgIpc) is 3.83. The smallest absolute Gasteiger partial charge is 0.166 e. The molecule has 0 atom stereocenters. The van der Waals surface area contributed by atoms with Gasteiger partial charge in [0.15, 0.2) is 17.5 Å². The van der Waals surface area contributed by atoms with Crippen LogP contribution in [-0.4, -0.2) is 19.5 Å². The van der Waals surface area contributed by atoms with Crippen LogP contribution in [0.15, 0.2) is 194 Å². The van der Waals surface area contributed by atoms with Gasteiger partial charge in [-0.15, -0.1) is 11.3 Å². The van der Waals surface area contributed by atoms with Crippen molar-refractivity contribution in [2.24, 2.45) is 0 Å². The van der Waals surface area contributed by atoms with E-state index < -0.39 is 0 Å². The van der Waals surface area contributed by atoms with Crippen LogP contribution in [0, 0.1) is 0 Å². The Morgan fingerprint density at radius 2 is 0.948 bits per heavy atom. The SMILES string of the molecule is c1ccc(-c2ccc(-c3nc(-c4ccc5ccccc5c4-n4c5ccccc5c5cc6ccccc6cc54)nc(-c4cccc5c4sc4ccccc45)n3)cc2)cc1. The molecule has 4 nitrogen and oxygen atoms in total. The summed E-state index contributed by atoms with van der Waals surface area (Å²) < 4.78 is 4.84. The summed E-state index contributed by atoms with van der Waals surface area (Å²) in [4.78, 5) is 16.1. The largest absolute Gasteiger partial charge is 0.308 e. The summed E-state index contributed by atoms with van der Waals surface area (Å²) in [6.45, 7) is 0. The highest BCUT2D eigenvalue weighted by Crippen LogP contribution is 2.43. The molecule has 58 heavy (non-hydrogen) atoms. The normalized spacial score (nSPS) is 11.8. The van der Waals surface area contributed by atoms with Gasteiger partial charge in [0.2, 0.25) is 0 Å². The van der Waals surface area contributed by atoms with Crippen LogP contribution < -0.4 is 0 Å². The highest BCUT2D eigenvalue weighted by Gasteiger charge is 2.23. The molecular weight excluding hydrogens is 725 g/mol. The first kappa shape index (κ1) is 32.7. The number of aromatic nitrogens is 4. The van der Waals surface area contributed by atoms with Crippen LogP contribution in [0.4, 0.5) is 0 Å². The van der Waals surface area contributed by atoms with Crippen molar-refractivity contribution in [2.45, 2.75) is 0 Å². The fraction of sp³-hybridized carbons (Fsp3) is 0. The van der Waals surface area contributed by atoms with Crippen LogP contribution in [0.2, 0.25) is 0 Å². The van der Waals surface area contributed by atoms with Crippen molar-refractivity contribution < 1.29 is 0 Å². The first-order valence-electron chi connectivity index (χ1n) is 19.5. The molecule has 12 rings (SSSR count). The Bertz CT molecular complexity index is 3560. The van der Waals surface area contributed by atoms with Crippen molar-refractivity contribution in [2.75, 3.05) is 0 Å².